The molecule has 0 radical (unpaired) electrons. The predicted octanol–water partition coefficient (Wildman–Crippen LogP) is 2.48. The SMILES string of the molecule is C/C(=C/CO)Cc1ccc(C)cc1. The van der Waals surface area contributed by atoms with E-state index in [0.29, 0.717) is 0 Å². The van der Waals surface area contributed by atoms with Crippen molar-refractivity contribution in [1.29, 1.82) is 0 Å². The van der Waals surface area contributed by atoms with Gasteiger partial charge in [-0.2, -0.15) is 0 Å². The number of aliphatic hydroxyl groups excluding tert-OH is 1. The normalized spacial score (nSPS) is 11.8. The first-order valence-corrected chi connectivity index (χ1v) is 4.54. The quantitative estimate of drug-likeness (QED) is 0.701. The molecule has 0 unspecified atom stereocenters. The Labute approximate surface area is 79.7 Å². The molecule has 0 heterocycles. The van der Waals surface area contributed by atoms with Gasteiger partial charge in [0.15, 0.2) is 0 Å². The van der Waals surface area contributed by atoms with Gasteiger partial charge in [-0.05, 0) is 25.8 Å². The van der Waals surface area contributed by atoms with E-state index in [4.69, 9.17) is 5.11 Å². The Kier molecular flexibility index (Phi) is 3.71. The molecule has 1 N–H and O–H groups in total. The monoisotopic (exact) mass is 176 g/mol. The molecule has 0 saturated heterocycles. The molecule has 0 bridgehead atoms. The summed E-state index contributed by atoms with van der Waals surface area (Å²) in [6.45, 7) is 4.26. The Bertz CT molecular complexity index is 282. The number of benzene rings is 1. The fourth-order valence-corrected chi connectivity index (χ4v) is 1.26. The second-order valence-electron chi connectivity index (χ2n) is 3.40. The van der Waals surface area contributed by atoms with E-state index in [-0.39, 0.29) is 6.61 Å². The van der Waals surface area contributed by atoms with Crippen molar-refractivity contribution in [3.8, 4) is 0 Å². The van der Waals surface area contributed by atoms with Crippen LogP contribution in [0, 0.1) is 6.92 Å². The lowest BCUT2D eigenvalue weighted by Crippen LogP contribution is -1.88. The fourth-order valence-electron chi connectivity index (χ4n) is 1.26. The molecule has 70 valence electrons. The van der Waals surface area contributed by atoms with E-state index in [1.165, 1.54) is 16.7 Å². The van der Waals surface area contributed by atoms with Gasteiger partial charge in [0.25, 0.3) is 0 Å². The molecule has 1 aromatic carbocycles. The highest BCUT2D eigenvalue weighted by molar-refractivity contribution is 5.25. The van der Waals surface area contributed by atoms with Crippen LogP contribution in [-0.2, 0) is 6.42 Å². The van der Waals surface area contributed by atoms with Crippen LogP contribution in [0.1, 0.15) is 18.1 Å². The third kappa shape index (κ3) is 3.43. The molecular weight excluding hydrogens is 160 g/mol. The van der Waals surface area contributed by atoms with Crippen LogP contribution in [0.25, 0.3) is 0 Å². The first-order chi connectivity index (χ1) is 6.22. The largest absolute Gasteiger partial charge is 0.392 e. The van der Waals surface area contributed by atoms with Gasteiger partial charge in [-0.15, -0.1) is 0 Å². The highest BCUT2D eigenvalue weighted by Gasteiger charge is 1.93. The molecule has 0 aromatic heterocycles. The third-order valence-electron chi connectivity index (χ3n) is 2.04. The van der Waals surface area contributed by atoms with E-state index in [9.17, 15) is 0 Å². The topological polar surface area (TPSA) is 20.2 Å². The maximum atomic E-state index is 8.68. The number of aryl methyl sites for hydroxylation is 1. The predicted molar refractivity (Wildman–Crippen MR) is 55.7 cm³/mol. The molecule has 1 rings (SSSR count). The minimum atomic E-state index is 0.137. The summed E-state index contributed by atoms with van der Waals surface area (Å²) in [7, 11) is 0. The van der Waals surface area contributed by atoms with Crippen LogP contribution in [0.15, 0.2) is 35.9 Å². The van der Waals surface area contributed by atoms with E-state index in [1.807, 2.05) is 13.0 Å². The van der Waals surface area contributed by atoms with Crippen molar-refractivity contribution < 1.29 is 5.11 Å². The summed E-state index contributed by atoms with van der Waals surface area (Å²) < 4.78 is 0. The van der Waals surface area contributed by atoms with Gasteiger partial charge in [0, 0.05) is 0 Å². The maximum Gasteiger partial charge on any atom is 0.0615 e. The van der Waals surface area contributed by atoms with Crippen molar-refractivity contribution in [2.24, 2.45) is 0 Å². The summed E-state index contributed by atoms with van der Waals surface area (Å²) in [5, 5.41) is 8.68. The Morgan fingerprint density at radius 3 is 2.46 bits per heavy atom. The highest BCUT2D eigenvalue weighted by atomic mass is 16.2. The Hall–Kier alpha value is -1.08. The van der Waals surface area contributed by atoms with Gasteiger partial charge in [-0.1, -0.05) is 41.5 Å². The summed E-state index contributed by atoms with van der Waals surface area (Å²) in [6, 6.07) is 8.48. The van der Waals surface area contributed by atoms with E-state index in [2.05, 4.69) is 31.2 Å². The average molecular weight is 176 g/mol. The Morgan fingerprint density at radius 1 is 1.31 bits per heavy atom. The molecule has 0 saturated carbocycles. The first kappa shape index (κ1) is 10.0. The number of rotatable bonds is 3. The fraction of sp³-hybridized carbons (Fsp3) is 0.333. The molecule has 0 atom stereocenters. The summed E-state index contributed by atoms with van der Waals surface area (Å²) >= 11 is 0. The van der Waals surface area contributed by atoms with Crippen molar-refractivity contribution in [2.75, 3.05) is 6.61 Å². The number of hydrogen-bond acceptors (Lipinski definition) is 1. The van der Waals surface area contributed by atoms with Crippen molar-refractivity contribution in [3.05, 3.63) is 47.0 Å². The van der Waals surface area contributed by atoms with Crippen LogP contribution >= 0.6 is 0 Å². The Morgan fingerprint density at radius 2 is 1.92 bits per heavy atom. The lowest BCUT2D eigenvalue weighted by atomic mass is 10.1. The minimum Gasteiger partial charge on any atom is -0.392 e. The molecule has 0 spiro atoms. The molecule has 0 aliphatic rings. The third-order valence-corrected chi connectivity index (χ3v) is 2.04. The van der Waals surface area contributed by atoms with Gasteiger partial charge in [0.2, 0.25) is 0 Å². The zero-order valence-electron chi connectivity index (χ0n) is 8.25. The molecule has 1 aromatic rings. The lowest BCUT2D eigenvalue weighted by molar-refractivity contribution is 0.341. The molecule has 1 nitrogen and oxygen atoms in total. The number of allylic oxidation sites excluding steroid dienone is 1. The molecule has 13 heavy (non-hydrogen) atoms. The zero-order valence-corrected chi connectivity index (χ0v) is 8.25. The van der Waals surface area contributed by atoms with E-state index in [0.717, 1.165) is 6.42 Å². The van der Waals surface area contributed by atoms with Crippen LogP contribution in [0.2, 0.25) is 0 Å². The van der Waals surface area contributed by atoms with Gasteiger partial charge in [-0.3, -0.25) is 0 Å². The molecule has 0 aliphatic carbocycles. The van der Waals surface area contributed by atoms with Crippen LogP contribution < -0.4 is 0 Å². The molecule has 1 heteroatoms. The zero-order chi connectivity index (χ0) is 9.68. The maximum absolute atomic E-state index is 8.68. The van der Waals surface area contributed by atoms with Crippen LogP contribution in [0.4, 0.5) is 0 Å². The summed E-state index contributed by atoms with van der Waals surface area (Å²) in [4.78, 5) is 0. The summed E-state index contributed by atoms with van der Waals surface area (Å²) in [6.07, 6.45) is 2.78. The first-order valence-electron chi connectivity index (χ1n) is 4.54. The van der Waals surface area contributed by atoms with Gasteiger partial charge in [0.1, 0.15) is 0 Å². The van der Waals surface area contributed by atoms with E-state index >= 15 is 0 Å². The van der Waals surface area contributed by atoms with Gasteiger partial charge in [0.05, 0.1) is 6.61 Å². The summed E-state index contributed by atoms with van der Waals surface area (Å²) in [5.41, 5.74) is 3.80. The van der Waals surface area contributed by atoms with Gasteiger partial charge >= 0.3 is 0 Å². The smallest absolute Gasteiger partial charge is 0.0615 e. The minimum absolute atomic E-state index is 0.137. The van der Waals surface area contributed by atoms with Gasteiger partial charge in [-0.25, -0.2) is 0 Å². The number of hydrogen-bond donors (Lipinski definition) is 1. The average Bonchev–Trinajstić information content (AvgIpc) is 2.09. The van der Waals surface area contributed by atoms with Crippen LogP contribution in [-0.4, -0.2) is 11.7 Å². The molecule has 0 amide bonds. The van der Waals surface area contributed by atoms with Crippen molar-refractivity contribution in [3.63, 3.8) is 0 Å². The van der Waals surface area contributed by atoms with E-state index in [1.54, 1.807) is 0 Å². The van der Waals surface area contributed by atoms with Crippen molar-refractivity contribution in [2.45, 2.75) is 20.3 Å². The van der Waals surface area contributed by atoms with Crippen LogP contribution in [0.3, 0.4) is 0 Å². The lowest BCUT2D eigenvalue weighted by Gasteiger charge is -2.01. The second-order valence-corrected chi connectivity index (χ2v) is 3.40. The van der Waals surface area contributed by atoms with Crippen molar-refractivity contribution in [1.82, 2.24) is 0 Å². The standard InChI is InChI=1S/C12H16O/c1-10-3-5-12(6-4-10)9-11(2)7-8-13/h3-7,13H,8-9H2,1-2H3/b11-7-. The molecule has 0 fully saturated rings. The summed E-state index contributed by atoms with van der Waals surface area (Å²) in [5.74, 6) is 0. The van der Waals surface area contributed by atoms with Crippen LogP contribution in [0.5, 0.6) is 0 Å². The molecular formula is C12H16O. The second kappa shape index (κ2) is 4.83. The highest BCUT2D eigenvalue weighted by Crippen LogP contribution is 2.08. The van der Waals surface area contributed by atoms with Crippen molar-refractivity contribution >= 4 is 0 Å². The number of aliphatic hydroxyl groups is 1. The van der Waals surface area contributed by atoms with E-state index < -0.39 is 0 Å². The molecule has 0 aliphatic heterocycles. The Balaban J connectivity index is 2.64. The van der Waals surface area contributed by atoms with Gasteiger partial charge < -0.3 is 5.11 Å².